The van der Waals surface area contributed by atoms with E-state index in [1.807, 2.05) is 0 Å². The second-order valence-electron chi connectivity index (χ2n) is 5.12. The van der Waals surface area contributed by atoms with Gasteiger partial charge in [0.1, 0.15) is 11.5 Å². The van der Waals surface area contributed by atoms with Crippen LogP contribution in [0.15, 0.2) is 12.1 Å². The van der Waals surface area contributed by atoms with Crippen LogP contribution in [0.2, 0.25) is 0 Å². The molecule has 0 unspecified atom stereocenters. The Hall–Kier alpha value is -2.05. The summed E-state index contributed by atoms with van der Waals surface area (Å²) in [6.07, 6.45) is 1.38. The Labute approximate surface area is 119 Å². The monoisotopic (exact) mass is 301 g/mol. The summed E-state index contributed by atoms with van der Waals surface area (Å²) in [5.41, 5.74) is -0.679. The lowest BCUT2D eigenvalue weighted by atomic mass is 9.81. The van der Waals surface area contributed by atoms with Crippen molar-refractivity contribution in [3.63, 3.8) is 0 Å². The molecule has 0 aromatic heterocycles. The quantitative estimate of drug-likeness (QED) is 0.902. The highest BCUT2D eigenvalue weighted by molar-refractivity contribution is 5.93. The molecule has 4 nitrogen and oxygen atoms in total. The maximum absolute atomic E-state index is 13.4. The molecular weight excluding hydrogens is 287 g/mol. The first-order valence-corrected chi connectivity index (χ1v) is 6.56. The van der Waals surface area contributed by atoms with Gasteiger partial charge in [0, 0.05) is 18.1 Å². The molecule has 1 aromatic carbocycles. The summed E-state index contributed by atoms with van der Waals surface area (Å²) in [6.45, 7) is 0. The normalized spacial score (nSPS) is 21.9. The number of carboxylic acids is 1. The molecule has 1 saturated carbocycles. The number of benzene rings is 1. The van der Waals surface area contributed by atoms with Gasteiger partial charge in [-0.25, -0.2) is 13.2 Å². The van der Waals surface area contributed by atoms with Gasteiger partial charge in [-0.05, 0) is 25.7 Å². The van der Waals surface area contributed by atoms with Gasteiger partial charge in [-0.15, -0.1) is 0 Å². The number of carbonyl (C=O) groups is 2. The molecule has 0 radical (unpaired) electrons. The van der Waals surface area contributed by atoms with E-state index < -0.39 is 46.9 Å². The highest BCUT2D eigenvalue weighted by atomic mass is 19.1. The molecule has 114 valence electrons. The van der Waals surface area contributed by atoms with Crippen molar-refractivity contribution in [1.29, 1.82) is 0 Å². The Morgan fingerprint density at radius 2 is 1.48 bits per heavy atom. The van der Waals surface area contributed by atoms with E-state index in [9.17, 15) is 22.8 Å². The van der Waals surface area contributed by atoms with Crippen molar-refractivity contribution in [3.05, 3.63) is 29.6 Å². The van der Waals surface area contributed by atoms with Crippen molar-refractivity contribution in [1.82, 2.24) is 0 Å². The van der Waals surface area contributed by atoms with E-state index in [1.54, 1.807) is 0 Å². The molecular formula is C14H14F3NO3. The van der Waals surface area contributed by atoms with E-state index in [2.05, 4.69) is 5.32 Å². The first-order valence-electron chi connectivity index (χ1n) is 6.56. The maximum Gasteiger partial charge on any atom is 0.306 e. The van der Waals surface area contributed by atoms with E-state index in [4.69, 9.17) is 5.11 Å². The third-order valence-electron chi connectivity index (χ3n) is 3.70. The molecule has 0 bridgehead atoms. The molecule has 7 heteroatoms. The maximum atomic E-state index is 13.4. The molecule has 0 atom stereocenters. The van der Waals surface area contributed by atoms with Crippen LogP contribution < -0.4 is 5.32 Å². The van der Waals surface area contributed by atoms with Gasteiger partial charge in [-0.3, -0.25) is 9.59 Å². The van der Waals surface area contributed by atoms with Crippen LogP contribution in [0.3, 0.4) is 0 Å². The van der Waals surface area contributed by atoms with Crippen LogP contribution >= 0.6 is 0 Å². The van der Waals surface area contributed by atoms with Crippen LogP contribution in [0.4, 0.5) is 18.9 Å². The zero-order chi connectivity index (χ0) is 15.6. The summed E-state index contributed by atoms with van der Waals surface area (Å²) in [5.74, 6) is -5.88. The van der Waals surface area contributed by atoms with Crippen LogP contribution in [-0.4, -0.2) is 17.0 Å². The van der Waals surface area contributed by atoms with Crippen molar-refractivity contribution in [2.24, 2.45) is 11.8 Å². The average Bonchev–Trinajstić information content (AvgIpc) is 2.42. The fraction of sp³-hybridized carbons (Fsp3) is 0.429. The van der Waals surface area contributed by atoms with E-state index in [0.717, 1.165) is 0 Å². The number of halogens is 3. The number of nitrogens with one attached hydrogen (secondary N) is 1. The van der Waals surface area contributed by atoms with Gasteiger partial charge in [-0.1, -0.05) is 0 Å². The second-order valence-corrected chi connectivity index (χ2v) is 5.12. The molecule has 1 aliphatic rings. The number of hydrogen-bond donors (Lipinski definition) is 2. The Bertz CT molecular complexity index is 546. The number of carboxylic acid groups (broad SMARTS) is 1. The highest BCUT2D eigenvalue weighted by Crippen LogP contribution is 2.30. The predicted molar refractivity (Wildman–Crippen MR) is 68.0 cm³/mol. The Morgan fingerprint density at radius 3 is 1.95 bits per heavy atom. The van der Waals surface area contributed by atoms with Gasteiger partial charge in [-0.2, -0.15) is 0 Å². The minimum Gasteiger partial charge on any atom is -0.481 e. The molecule has 1 amide bonds. The van der Waals surface area contributed by atoms with Gasteiger partial charge >= 0.3 is 5.97 Å². The Balaban J connectivity index is 2.01. The molecule has 0 heterocycles. The minimum atomic E-state index is -1.18. The third-order valence-corrected chi connectivity index (χ3v) is 3.70. The van der Waals surface area contributed by atoms with Crippen LogP contribution in [0.5, 0.6) is 0 Å². The van der Waals surface area contributed by atoms with Crippen LogP contribution in [0.1, 0.15) is 25.7 Å². The smallest absolute Gasteiger partial charge is 0.306 e. The summed E-state index contributed by atoms with van der Waals surface area (Å²) < 4.78 is 39.6. The van der Waals surface area contributed by atoms with E-state index in [-0.39, 0.29) is 0 Å². The van der Waals surface area contributed by atoms with Gasteiger partial charge in [0.15, 0.2) is 11.6 Å². The van der Waals surface area contributed by atoms with Gasteiger partial charge in [0.25, 0.3) is 0 Å². The summed E-state index contributed by atoms with van der Waals surface area (Å²) in [5, 5.41) is 11.0. The van der Waals surface area contributed by atoms with Crippen molar-refractivity contribution >= 4 is 17.6 Å². The number of rotatable bonds is 3. The highest BCUT2D eigenvalue weighted by Gasteiger charge is 2.30. The summed E-state index contributed by atoms with van der Waals surface area (Å²) in [4.78, 5) is 22.8. The SMILES string of the molecule is O=C(O)C1CCC(C(=O)Nc2c(F)cc(F)cc2F)CC1. The number of aliphatic carboxylic acids is 1. The average molecular weight is 301 g/mol. The zero-order valence-electron chi connectivity index (χ0n) is 11.0. The van der Waals surface area contributed by atoms with Crippen molar-refractivity contribution < 1.29 is 27.9 Å². The fourth-order valence-electron chi connectivity index (χ4n) is 2.49. The lowest BCUT2D eigenvalue weighted by Gasteiger charge is -2.25. The molecule has 0 spiro atoms. The second kappa shape index (κ2) is 6.15. The fourth-order valence-corrected chi connectivity index (χ4v) is 2.49. The van der Waals surface area contributed by atoms with Crippen LogP contribution in [0, 0.1) is 29.3 Å². The minimum absolute atomic E-state index is 0.341. The lowest BCUT2D eigenvalue weighted by molar-refractivity contribution is -0.143. The number of anilines is 1. The number of carbonyl (C=O) groups excluding carboxylic acids is 1. The molecule has 2 rings (SSSR count). The predicted octanol–water partition coefficient (Wildman–Crippen LogP) is 2.93. The molecule has 2 N–H and O–H groups in total. The van der Waals surface area contributed by atoms with Gasteiger partial charge in [0.2, 0.25) is 5.91 Å². The van der Waals surface area contributed by atoms with Crippen LogP contribution in [-0.2, 0) is 9.59 Å². The molecule has 0 aliphatic heterocycles. The lowest BCUT2D eigenvalue weighted by Crippen LogP contribution is -2.30. The largest absolute Gasteiger partial charge is 0.481 e. The molecule has 1 fully saturated rings. The number of amides is 1. The van der Waals surface area contributed by atoms with Gasteiger partial charge in [0.05, 0.1) is 5.92 Å². The Morgan fingerprint density at radius 1 is 1.00 bits per heavy atom. The van der Waals surface area contributed by atoms with E-state index >= 15 is 0 Å². The standard InChI is InChI=1S/C14H14F3NO3/c15-9-5-10(16)12(11(17)6-9)18-13(19)7-1-3-8(4-2-7)14(20)21/h5-8H,1-4H2,(H,18,19)(H,20,21). The summed E-state index contributed by atoms with van der Waals surface area (Å²) >= 11 is 0. The van der Waals surface area contributed by atoms with Crippen LogP contribution in [0.25, 0.3) is 0 Å². The van der Waals surface area contributed by atoms with E-state index in [0.29, 0.717) is 37.8 Å². The first kappa shape index (κ1) is 15.3. The number of hydrogen-bond acceptors (Lipinski definition) is 2. The first-order chi connectivity index (χ1) is 9.88. The topological polar surface area (TPSA) is 66.4 Å². The molecule has 21 heavy (non-hydrogen) atoms. The van der Waals surface area contributed by atoms with Crippen molar-refractivity contribution in [2.75, 3.05) is 5.32 Å². The van der Waals surface area contributed by atoms with E-state index in [1.165, 1.54) is 0 Å². The molecule has 1 aromatic rings. The molecule has 0 saturated heterocycles. The van der Waals surface area contributed by atoms with Gasteiger partial charge < -0.3 is 10.4 Å². The van der Waals surface area contributed by atoms with Crippen molar-refractivity contribution in [2.45, 2.75) is 25.7 Å². The Kier molecular flexibility index (Phi) is 4.50. The van der Waals surface area contributed by atoms with Crippen molar-refractivity contribution in [3.8, 4) is 0 Å². The summed E-state index contributed by atoms with van der Waals surface area (Å²) in [7, 11) is 0. The summed E-state index contributed by atoms with van der Waals surface area (Å²) in [6, 6.07) is 0.972. The molecule has 1 aliphatic carbocycles. The third kappa shape index (κ3) is 3.53. The zero-order valence-corrected chi connectivity index (χ0v) is 11.0.